The second-order valence-electron chi connectivity index (χ2n) is 5.43. The Bertz CT molecular complexity index is 621. The smallest absolute Gasteiger partial charge is 0.307 e. The van der Waals surface area contributed by atoms with Gasteiger partial charge in [0.05, 0.1) is 33.8 Å². The van der Waals surface area contributed by atoms with Crippen molar-refractivity contribution in [2.75, 3.05) is 21.3 Å². The van der Waals surface area contributed by atoms with Gasteiger partial charge in [-0.2, -0.15) is 0 Å². The second-order valence-corrected chi connectivity index (χ2v) is 5.43. The Labute approximate surface area is 148 Å². The topological polar surface area (TPSA) is 73.9 Å². The third-order valence-corrected chi connectivity index (χ3v) is 3.72. The number of terminal acetylenes is 1. The average Bonchev–Trinajstić information content (AvgIpc) is 2.63. The molecule has 0 aromatic heterocycles. The lowest BCUT2D eigenvalue weighted by Gasteiger charge is -2.19. The average molecular weight is 347 g/mol. The first-order chi connectivity index (χ1) is 12.0. The van der Waals surface area contributed by atoms with Gasteiger partial charge in [0.1, 0.15) is 0 Å². The quantitative estimate of drug-likeness (QED) is 0.400. The first-order valence-corrected chi connectivity index (χ1v) is 8.07. The number of hydrogen-bond donors (Lipinski definition) is 1. The van der Waals surface area contributed by atoms with Crippen LogP contribution < -0.4 is 14.8 Å². The Morgan fingerprint density at radius 3 is 2.48 bits per heavy atom. The van der Waals surface area contributed by atoms with Gasteiger partial charge in [0.2, 0.25) is 5.91 Å². The molecule has 0 saturated carbocycles. The molecule has 1 amide bonds. The molecule has 1 N–H and O–H groups in total. The van der Waals surface area contributed by atoms with E-state index in [0.717, 1.165) is 12.0 Å². The van der Waals surface area contributed by atoms with Crippen molar-refractivity contribution >= 4 is 11.9 Å². The lowest BCUT2D eigenvalue weighted by Crippen LogP contribution is -2.30. The summed E-state index contributed by atoms with van der Waals surface area (Å²) in [5.41, 5.74) is 0.736. The maximum absolute atomic E-state index is 12.2. The van der Waals surface area contributed by atoms with Crippen molar-refractivity contribution in [1.29, 1.82) is 0 Å². The summed E-state index contributed by atoms with van der Waals surface area (Å²) >= 11 is 0. The number of esters is 1. The molecule has 0 aliphatic heterocycles. The summed E-state index contributed by atoms with van der Waals surface area (Å²) in [6.45, 7) is 0. The van der Waals surface area contributed by atoms with Gasteiger partial charge in [0.15, 0.2) is 11.5 Å². The zero-order valence-corrected chi connectivity index (χ0v) is 15.0. The van der Waals surface area contributed by atoms with E-state index >= 15 is 0 Å². The summed E-state index contributed by atoms with van der Waals surface area (Å²) in [5, 5.41) is 2.88. The Hall–Kier alpha value is -2.68. The predicted molar refractivity (Wildman–Crippen MR) is 94.4 cm³/mol. The summed E-state index contributed by atoms with van der Waals surface area (Å²) in [6, 6.07) is 4.75. The number of benzene rings is 1. The molecular formula is C19H25NO5. The number of carbonyl (C=O) groups is 2. The fourth-order valence-electron chi connectivity index (χ4n) is 2.35. The molecule has 1 atom stereocenters. The van der Waals surface area contributed by atoms with Gasteiger partial charge in [-0.15, -0.1) is 12.3 Å². The number of methoxy groups -OCH3 is 3. The lowest BCUT2D eigenvalue weighted by atomic mass is 10.0. The van der Waals surface area contributed by atoms with Crippen molar-refractivity contribution in [3.05, 3.63) is 23.8 Å². The Balaban J connectivity index is 2.87. The molecule has 0 fully saturated rings. The zero-order valence-electron chi connectivity index (χ0n) is 15.0. The van der Waals surface area contributed by atoms with Crippen LogP contribution >= 0.6 is 0 Å². The fraction of sp³-hybridized carbons (Fsp3) is 0.474. The van der Waals surface area contributed by atoms with Gasteiger partial charge < -0.3 is 19.5 Å². The minimum Gasteiger partial charge on any atom is -0.493 e. The van der Waals surface area contributed by atoms with Crippen LogP contribution in [-0.2, 0) is 14.3 Å². The van der Waals surface area contributed by atoms with Gasteiger partial charge in [-0.25, -0.2) is 0 Å². The van der Waals surface area contributed by atoms with Gasteiger partial charge in [0.25, 0.3) is 0 Å². The summed E-state index contributed by atoms with van der Waals surface area (Å²) in [5.74, 6) is 3.10. The second kappa shape index (κ2) is 11.0. The Morgan fingerprint density at radius 1 is 1.16 bits per heavy atom. The van der Waals surface area contributed by atoms with Gasteiger partial charge in [0, 0.05) is 12.8 Å². The van der Waals surface area contributed by atoms with Crippen LogP contribution in [0.1, 0.15) is 43.7 Å². The maximum atomic E-state index is 12.2. The highest BCUT2D eigenvalue weighted by Crippen LogP contribution is 2.31. The number of nitrogens with one attached hydrogen (secondary N) is 1. The standard InChI is InChI=1S/C19H25NO5/c1-5-6-7-8-9-18(21)20-15(13-19(22)25-4)14-10-11-16(23-2)17(12-14)24-3/h1,10-12,15H,6-9,13H2,2-4H3,(H,20,21)/t15-/m0/s1. The number of ether oxygens (including phenoxy) is 3. The zero-order chi connectivity index (χ0) is 18.7. The third kappa shape index (κ3) is 6.76. The molecule has 0 saturated heterocycles. The van der Waals surface area contributed by atoms with Crippen molar-refractivity contribution in [1.82, 2.24) is 5.32 Å². The molecule has 25 heavy (non-hydrogen) atoms. The number of hydrogen-bond acceptors (Lipinski definition) is 5. The van der Waals surface area contributed by atoms with Gasteiger partial charge in [-0.1, -0.05) is 6.07 Å². The molecule has 6 nitrogen and oxygen atoms in total. The highest BCUT2D eigenvalue weighted by Gasteiger charge is 2.20. The summed E-state index contributed by atoms with van der Waals surface area (Å²) < 4.78 is 15.2. The monoisotopic (exact) mass is 347 g/mol. The van der Waals surface area contributed by atoms with Gasteiger partial charge >= 0.3 is 5.97 Å². The summed E-state index contributed by atoms with van der Waals surface area (Å²) in [7, 11) is 4.39. The van der Waals surface area contributed by atoms with E-state index in [9.17, 15) is 9.59 Å². The highest BCUT2D eigenvalue weighted by atomic mass is 16.5. The maximum Gasteiger partial charge on any atom is 0.307 e. The third-order valence-electron chi connectivity index (χ3n) is 3.72. The van der Waals surface area contributed by atoms with Crippen LogP contribution in [0.2, 0.25) is 0 Å². The molecule has 0 unspecified atom stereocenters. The van der Waals surface area contributed by atoms with Crippen LogP contribution in [0.15, 0.2) is 18.2 Å². The van der Waals surface area contributed by atoms with Crippen molar-refractivity contribution in [3.63, 3.8) is 0 Å². The van der Waals surface area contributed by atoms with Gasteiger partial charge in [-0.05, 0) is 30.5 Å². The molecule has 0 radical (unpaired) electrons. The van der Waals surface area contributed by atoms with Crippen molar-refractivity contribution in [2.24, 2.45) is 0 Å². The summed E-state index contributed by atoms with van der Waals surface area (Å²) in [6.07, 6.45) is 7.73. The first-order valence-electron chi connectivity index (χ1n) is 8.07. The van der Waals surface area contributed by atoms with Crippen LogP contribution in [0.3, 0.4) is 0 Å². The van der Waals surface area contributed by atoms with E-state index in [1.54, 1.807) is 25.3 Å². The molecule has 0 spiro atoms. The molecule has 1 aromatic rings. The van der Waals surface area contributed by atoms with E-state index in [1.165, 1.54) is 14.2 Å². The predicted octanol–water partition coefficient (Wildman–Crippen LogP) is 2.62. The highest BCUT2D eigenvalue weighted by molar-refractivity contribution is 5.78. The molecular weight excluding hydrogens is 322 g/mol. The van der Waals surface area contributed by atoms with Crippen LogP contribution in [0, 0.1) is 12.3 Å². The number of carbonyl (C=O) groups excluding carboxylic acids is 2. The molecule has 0 bridgehead atoms. The van der Waals surface area contributed by atoms with E-state index in [4.69, 9.17) is 20.6 Å². The fourth-order valence-corrected chi connectivity index (χ4v) is 2.35. The van der Waals surface area contributed by atoms with E-state index in [-0.39, 0.29) is 12.3 Å². The molecule has 136 valence electrons. The minimum absolute atomic E-state index is 0.0298. The normalized spacial score (nSPS) is 11.1. The summed E-state index contributed by atoms with van der Waals surface area (Å²) in [4.78, 5) is 23.9. The van der Waals surface area contributed by atoms with Crippen molar-refractivity contribution in [2.45, 2.75) is 38.1 Å². The van der Waals surface area contributed by atoms with Gasteiger partial charge in [-0.3, -0.25) is 9.59 Å². The van der Waals surface area contributed by atoms with Crippen LogP contribution in [-0.4, -0.2) is 33.2 Å². The van der Waals surface area contributed by atoms with Crippen LogP contribution in [0.25, 0.3) is 0 Å². The van der Waals surface area contributed by atoms with Crippen LogP contribution in [0.4, 0.5) is 0 Å². The van der Waals surface area contributed by atoms with Crippen molar-refractivity contribution in [3.8, 4) is 23.8 Å². The molecule has 6 heteroatoms. The molecule has 0 aliphatic rings. The van der Waals surface area contributed by atoms with E-state index in [0.29, 0.717) is 30.8 Å². The SMILES string of the molecule is C#CCCCCC(=O)N[C@@H](CC(=O)OC)c1ccc(OC)c(OC)c1. The Morgan fingerprint density at radius 2 is 1.88 bits per heavy atom. The number of unbranched alkanes of at least 4 members (excludes halogenated alkanes) is 2. The molecule has 1 aromatic carbocycles. The number of amides is 1. The molecule has 0 aliphatic carbocycles. The number of rotatable bonds is 10. The van der Waals surface area contributed by atoms with Crippen LogP contribution in [0.5, 0.6) is 11.5 Å². The minimum atomic E-state index is -0.507. The van der Waals surface area contributed by atoms with E-state index in [1.807, 2.05) is 0 Å². The molecule has 0 heterocycles. The van der Waals surface area contributed by atoms with E-state index < -0.39 is 12.0 Å². The van der Waals surface area contributed by atoms with E-state index in [2.05, 4.69) is 11.2 Å². The Kier molecular flexibility index (Phi) is 8.94. The largest absolute Gasteiger partial charge is 0.493 e. The van der Waals surface area contributed by atoms with Crippen molar-refractivity contribution < 1.29 is 23.8 Å². The lowest BCUT2D eigenvalue weighted by molar-refractivity contribution is -0.141. The molecule has 1 rings (SSSR count). The first kappa shape index (κ1) is 20.4.